The molecule has 1 aliphatic heterocycles. The van der Waals surface area contributed by atoms with Gasteiger partial charge >= 0.3 is 0 Å². The molecule has 0 atom stereocenters. The molecular formula is C17H18N4O4S2. The second kappa shape index (κ2) is 7.49. The lowest BCUT2D eigenvalue weighted by Crippen LogP contribution is -2.35. The van der Waals surface area contributed by atoms with Crippen molar-refractivity contribution in [3.63, 3.8) is 0 Å². The maximum Gasteiger partial charge on any atom is 0.254 e. The monoisotopic (exact) mass is 406 g/mol. The van der Waals surface area contributed by atoms with E-state index in [-0.39, 0.29) is 11.8 Å². The lowest BCUT2D eigenvalue weighted by molar-refractivity contribution is -0.111. The van der Waals surface area contributed by atoms with Gasteiger partial charge in [-0.3, -0.25) is 14.3 Å². The molecule has 2 amide bonds. The highest BCUT2D eigenvalue weighted by atomic mass is 32.2. The Morgan fingerprint density at radius 3 is 2.85 bits per heavy atom. The normalized spacial score (nSPS) is 13.6. The van der Waals surface area contributed by atoms with E-state index >= 15 is 0 Å². The van der Waals surface area contributed by atoms with Crippen molar-refractivity contribution in [1.29, 1.82) is 0 Å². The smallest absolute Gasteiger partial charge is 0.254 e. The van der Waals surface area contributed by atoms with Crippen LogP contribution in [0.25, 0.3) is 0 Å². The van der Waals surface area contributed by atoms with Gasteiger partial charge in [-0.1, -0.05) is 24.0 Å². The summed E-state index contributed by atoms with van der Waals surface area (Å²) in [6.07, 6.45) is 2.78. The van der Waals surface area contributed by atoms with Crippen LogP contribution in [0.1, 0.15) is 20.9 Å². The van der Waals surface area contributed by atoms with Gasteiger partial charge in [0.05, 0.1) is 18.5 Å². The number of thiazole rings is 1. The number of fused-ring (bicyclic) bond motifs is 1. The summed E-state index contributed by atoms with van der Waals surface area (Å²) in [6, 6.07) is 6.69. The van der Waals surface area contributed by atoms with Crippen LogP contribution in [0.5, 0.6) is 0 Å². The maximum atomic E-state index is 12.8. The van der Waals surface area contributed by atoms with E-state index in [0.29, 0.717) is 35.9 Å². The number of rotatable bonds is 5. The van der Waals surface area contributed by atoms with Crippen LogP contribution in [0.15, 0.2) is 36.9 Å². The minimum Gasteiger partial charge on any atom is -0.333 e. The number of hydrogen-bond donors (Lipinski definition) is 2. The van der Waals surface area contributed by atoms with E-state index in [1.54, 1.807) is 29.2 Å². The summed E-state index contributed by atoms with van der Waals surface area (Å²) in [5, 5.41) is 2.94. The summed E-state index contributed by atoms with van der Waals surface area (Å²) in [5.74, 6) is -0.515. The lowest BCUT2D eigenvalue weighted by Gasteiger charge is -2.26. The number of carbonyl (C=O) groups excluding carboxylic acids is 2. The molecule has 0 bridgehead atoms. The Morgan fingerprint density at radius 2 is 2.15 bits per heavy atom. The number of aromatic nitrogens is 1. The second-order valence-corrected chi connectivity index (χ2v) is 8.85. The Labute approximate surface area is 161 Å². The largest absolute Gasteiger partial charge is 0.333 e. The molecule has 1 aliphatic rings. The third-order valence-corrected chi connectivity index (χ3v) is 5.54. The Bertz CT molecular complexity index is 1010. The van der Waals surface area contributed by atoms with Gasteiger partial charge in [-0.25, -0.2) is 13.4 Å². The molecule has 10 heteroatoms. The number of nitrogens with zero attached hydrogens (tertiary/aromatic N) is 2. The molecule has 8 nitrogen and oxygen atoms in total. The van der Waals surface area contributed by atoms with E-state index in [1.165, 1.54) is 11.3 Å². The highest BCUT2D eigenvalue weighted by Crippen LogP contribution is 2.29. The Hall–Kier alpha value is -2.72. The van der Waals surface area contributed by atoms with E-state index in [2.05, 4.69) is 21.6 Å². The van der Waals surface area contributed by atoms with Crippen LogP contribution in [0, 0.1) is 0 Å². The van der Waals surface area contributed by atoms with E-state index < -0.39 is 10.0 Å². The number of sulfonamides is 1. The van der Waals surface area contributed by atoms with Crippen molar-refractivity contribution in [2.24, 2.45) is 0 Å². The summed E-state index contributed by atoms with van der Waals surface area (Å²) < 4.78 is 25.1. The number of amides is 2. The minimum absolute atomic E-state index is 0.165. The van der Waals surface area contributed by atoms with Crippen molar-refractivity contribution in [3.8, 4) is 0 Å². The standard InChI is InChI=1S/C17H18N4O4S2/c1-3-15(22)18-12-6-4-5-11(9-12)16(23)21-8-7-13-14(10-21)26-17(19-13)20-27(2,24)25/h3-6,9H,1,7-8,10H2,2H3,(H,18,22)(H,19,20). The van der Waals surface area contributed by atoms with Gasteiger partial charge < -0.3 is 10.2 Å². The van der Waals surface area contributed by atoms with Crippen LogP contribution in [0.4, 0.5) is 10.8 Å². The Kier molecular flexibility index (Phi) is 5.29. The van der Waals surface area contributed by atoms with Crippen molar-refractivity contribution in [1.82, 2.24) is 9.88 Å². The number of nitrogens with one attached hydrogen (secondary N) is 2. The fourth-order valence-corrected chi connectivity index (χ4v) is 4.54. The number of carbonyl (C=O) groups is 2. The fraction of sp³-hybridized carbons (Fsp3) is 0.235. The zero-order chi connectivity index (χ0) is 19.6. The lowest BCUT2D eigenvalue weighted by atomic mass is 10.1. The van der Waals surface area contributed by atoms with Crippen LogP contribution in [0.2, 0.25) is 0 Å². The zero-order valence-electron chi connectivity index (χ0n) is 14.6. The van der Waals surface area contributed by atoms with E-state index in [9.17, 15) is 18.0 Å². The van der Waals surface area contributed by atoms with Crippen molar-refractivity contribution < 1.29 is 18.0 Å². The molecule has 27 heavy (non-hydrogen) atoms. The molecule has 3 rings (SSSR count). The first-order valence-electron chi connectivity index (χ1n) is 8.04. The molecule has 2 aromatic rings. The minimum atomic E-state index is -3.39. The highest BCUT2D eigenvalue weighted by molar-refractivity contribution is 7.92. The predicted molar refractivity (Wildman–Crippen MR) is 104 cm³/mol. The third kappa shape index (κ3) is 4.72. The molecule has 0 aliphatic carbocycles. The average molecular weight is 406 g/mol. The van der Waals surface area contributed by atoms with Gasteiger partial charge in [0, 0.05) is 29.1 Å². The van der Waals surface area contributed by atoms with Crippen molar-refractivity contribution >= 4 is 44.0 Å². The fourth-order valence-electron chi connectivity index (χ4n) is 2.68. The molecular weight excluding hydrogens is 388 g/mol. The molecule has 2 N–H and O–H groups in total. The topological polar surface area (TPSA) is 108 Å². The summed E-state index contributed by atoms with van der Waals surface area (Å²) in [7, 11) is -3.39. The number of anilines is 2. The summed E-state index contributed by atoms with van der Waals surface area (Å²) in [6.45, 7) is 4.24. The van der Waals surface area contributed by atoms with Gasteiger partial charge in [-0.05, 0) is 24.3 Å². The molecule has 2 heterocycles. The summed E-state index contributed by atoms with van der Waals surface area (Å²) in [4.78, 5) is 31.1. The van der Waals surface area contributed by atoms with Gasteiger partial charge in [-0.15, -0.1) is 0 Å². The molecule has 142 valence electrons. The van der Waals surface area contributed by atoms with Crippen molar-refractivity contribution in [2.75, 3.05) is 22.8 Å². The molecule has 1 aromatic heterocycles. The van der Waals surface area contributed by atoms with Crippen LogP contribution >= 0.6 is 11.3 Å². The van der Waals surface area contributed by atoms with Gasteiger partial charge in [-0.2, -0.15) is 0 Å². The zero-order valence-corrected chi connectivity index (χ0v) is 16.2. The number of benzene rings is 1. The van der Waals surface area contributed by atoms with E-state index in [0.717, 1.165) is 22.9 Å². The highest BCUT2D eigenvalue weighted by Gasteiger charge is 2.25. The molecule has 0 saturated carbocycles. The van der Waals surface area contributed by atoms with Crippen molar-refractivity contribution in [3.05, 3.63) is 53.1 Å². The molecule has 0 fully saturated rings. The molecule has 0 saturated heterocycles. The summed E-state index contributed by atoms with van der Waals surface area (Å²) in [5.41, 5.74) is 1.78. The number of hydrogen-bond acceptors (Lipinski definition) is 6. The third-order valence-electron chi connectivity index (χ3n) is 3.85. The molecule has 0 radical (unpaired) electrons. The van der Waals surface area contributed by atoms with E-state index in [4.69, 9.17) is 0 Å². The first-order chi connectivity index (χ1) is 12.7. The van der Waals surface area contributed by atoms with Gasteiger partial charge in [0.25, 0.3) is 5.91 Å². The van der Waals surface area contributed by atoms with E-state index in [1.807, 2.05) is 0 Å². The summed E-state index contributed by atoms with van der Waals surface area (Å²) >= 11 is 1.23. The van der Waals surface area contributed by atoms with Crippen LogP contribution < -0.4 is 10.0 Å². The second-order valence-electron chi connectivity index (χ2n) is 6.01. The van der Waals surface area contributed by atoms with Crippen LogP contribution in [-0.4, -0.2) is 42.9 Å². The SMILES string of the molecule is C=CC(=O)Nc1cccc(C(=O)N2CCc3nc(NS(C)(=O)=O)sc3C2)c1. The molecule has 0 unspecified atom stereocenters. The Balaban J connectivity index is 1.75. The Morgan fingerprint density at radius 1 is 1.37 bits per heavy atom. The quantitative estimate of drug-likeness (QED) is 0.737. The van der Waals surface area contributed by atoms with Gasteiger partial charge in [0.15, 0.2) is 5.13 Å². The first-order valence-corrected chi connectivity index (χ1v) is 10.7. The molecule has 1 aromatic carbocycles. The van der Waals surface area contributed by atoms with Gasteiger partial charge in [0.2, 0.25) is 15.9 Å². The van der Waals surface area contributed by atoms with Crippen LogP contribution in [-0.2, 0) is 27.8 Å². The van der Waals surface area contributed by atoms with Gasteiger partial charge in [0.1, 0.15) is 0 Å². The predicted octanol–water partition coefficient (Wildman–Crippen LogP) is 1.84. The average Bonchev–Trinajstić information content (AvgIpc) is 3.00. The first kappa shape index (κ1) is 19.1. The maximum absolute atomic E-state index is 12.8. The molecule has 0 spiro atoms. The van der Waals surface area contributed by atoms with Crippen molar-refractivity contribution in [2.45, 2.75) is 13.0 Å². The van der Waals surface area contributed by atoms with Crippen LogP contribution in [0.3, 0.4) is 0 Å².